The van der Waals surface area contributed by atoms with E-state index in [1.54, 1.807) is 0 Å². The van der Waals surface area contributed by atoms with Gasteiger partial charge in [-0.15, -0.1) is 0 Å². The number of aliphatic hydroxyl groups is 1. The highest BCUT2D eigenvalue weighted by Gasteiger charge is 2.38. The van der Waals surface area contributed by atoms with Crippen LogP contribution in [0, 0.1) is 5.92 Å². The van der Waals surface area contributed by atoms with Crippen LogP contribution >= 0.6 is 0 Å². The van der Waals surface area contributed by atoms with Crippen LogP contribution in [-0.4, -0.2) is 44.4 Å². The Balaban J connectivity index is 1.36. The largest absolute Gasteiger partial charge is 0.396 e. The molecule has 1 aliphatic carbocycles. The summed E-state index contributed by atoms with van der Waals surface area (Å²) in [6.45, 7) is 2.72. The van der Waals surface area contributed by atoms with E-state index in [0.717, 1.165) is 25.5 Å². The molecule has 1 saturated carbocycles. The van der Waals surface area contributed by atoms with Gasteiger partial charge in [0.15, 0.2) is 5.82 Å². The van der Waals surface area contributed by atoms with Gasteiger partial charge < -0.3 is 14.2 Å². The van der Waals surface area contributed by atoms with Gasteiger partial charge in [0.2, 0.25) is 5.89 Å². The molecule has 0 amide bonds. The molecule has 2 aromatic heterocycles. The number of nitrogens with zero attached hydrogens (tertiary/aromatic N) is 4. The van der Waals surface area contributed by atoms with Crippen LogP contribution in [0.4, 0.5) is 0 Å². The highest BCUT2D eigenvalue weighted by atomic mass is 16.5. The molecule has 2 atom stereocenters. The fourth-order valence-electron chi connectivity index (χ4n) is 4.25. The first kappa shape index (κ1) is 16.0. The molecular weight excluding hydrogens is 328 g/mol. The van der Waals surface area contributed by atoms with E-state index in [-0.39, 0.29) is 18.4 Å². The first-order valence-electron chi connectivity index (χ1n) is 9.42. The molecule has 0 radical (unpaired) electrons. The number of aromatic nitrogens is 3. The lowest BCUT2D eigenvalue weighted by atomic mass is 9.97. The zero-order valence-corrected chi connectivity index (χ0v) is 15.0. The van der Waals surface area contributed by atoms with Crippen LogP contribution in [0.25, 0.3) is 10.9 Å². The molecular formula is C20H24N4O2. The lowest BCUT2D eigenvalue weighted by molar-refractivity contribution is 0.205. The Morgan fingerprint density at radius 3 is 2.88 bits per heavy atom. The first-order chi connectivity index (χ1) is 12.7. The van der Waals surface area contributed by atoms with E-state index in [1.807, 2.05) is 0 Å². The predicted octanol–water partition coefficient (Wildman–Crippen LogP) is 2.65. The van der Waals surface area contributed by atoms with Gasteiger partial charge in [0.25, 0.3) is 0 Å². The van der Waals surface area contributed by atoms with Gasteiger partial charge in [-0.1, -0.05) is 23.4 Å². The van der Waals surface area contributed by atoms with E-state index >= 15 is 0 Å². The number of hydrogen-bond donors (Lipinski definition) is 1. The average molecular weight is 352 g/mol. The molecule has 26 heavy (non-hydrogen) atoms. The number of aryl methyl sites for hydroxylation is 1. The molecule has 3 aromatic rings. The standard InChI is InChI=1S/C20H24N4O2/c1-23-8-14(16-4-2-3-5-18(16)23)9-24-10-15(12-25)17(11-24)20-21-19(22-26-20)13-6-7-13/h2-5,8,13,15,17,25H,6-7,9-12H2,1H3/t15-,17+/m0/s1. The van der Waals surface area contributed by atoms with E-state index in [2.05, 4.69) is 57.1 Å². The molecule has 6 nitrogen and oxygen atoms in total. The van der Waals surface area contributed by atoms with E-state index < -0.39 is 0 Å². The Kier molecular flexibility index (Phi) is 3.83. The SMILES string of the molecule is Cn1cc(CN2C[C@@H](CO)[C@H](c3nc(C4CC4)no3)C2)c2ccccc21. The topological polar surface area (TPSA) is 67.3 Å². The minimum atomic E-state index is 0.120. The van der Waals surface area contributed by atoms with Gasteiger partial charge in [-0.05, 0) is 24.5 Å². The highest BCUT2D eigenvalue weighted by molar-refractivity contribution is 5.83. The summed E-state index contributed by atoms with van der Waals surface area (Å²) in [5.74, 6) is 2.32. The second kappa shape index (κ2) is 6.21. The molecule has 0 unspecified atom stereocenters. The van der Waals surface area contributed by atoms with Crippen molar-refractivity contribution in [3.63, 3.8) is 0 Å². The number of fused-ring (bicyclic) bond motifs is 1. The van der Waals surface area contributed by atoms with E-state index in [9.17, 15) is 5.11 Å². The van der Waals surface area contributed by atoms with Crippen molar-refractivity contribution >= 4 is 10.9 Å². The number of rotatable bonds is 5. The summed E-state index contributed by atoms with van der Waals surface area (Å²) in [7, 11) is 2.09. The molecule has 1 saturated heterocycles. The van der Waals surface area contributed by atoms with Gasteiger partial charge in [0.1, 0.15) is 0 Å². The molecule has 1 aromatic carbocycles. The fourth-order valence-corrected chi connectivity index (χ4v) is 4.25. The maximum absolute atomic E-state index is 9.87. The number of aliphatic hydroxyl groups excluding tert-OH is 1. The van der Waals surface area contributed by atoms with Gasteiger partial charge >= 0.3 is 0 Å². The van der Waals surface area contributed by atoms with Crippen molar-refractivity contribution < 1.29 is 9.63 Å². The van der Waals surface area contributed by atoms with Gasteiger partial charge in [0, 0.05) is 62.2 Å². The van der Waals surface area contributed by atoms with Crippen molar-refractivity contribution in [2.75, 3.05) is 19.7 Å². The molecule has 1 aliphatic heterocycles. The fraction of sp³-hybridized carbons (Fsp3) is 0.500. The van der Waals surface area contributed by atoms with Gasteiger partial charge in [-0.3, -0.25) is 4.90 Å². The summed E-state index contributed by atoms with van der Waals surface area (Å²) < 4.78 is 7.73. The Morgan fingerprint density at radius 1 is 1.23 bits per heavy atom. The number of para-hydroxylation sites is 1. The van der Waals surface area contributed by atoms with E-state index in [1.165, 1.54) is 29.3 Å². The summed E-state index contributed by atoms with van der Waals surface area (Å²) in [4.78, 5) is 7.03. The van der Waals surface area contributed by atoms with Crippen molar-refractivity contribution in [3.05, 3.63) is 47.7 Å². The smallest absolute Gasteiger partial charge is 0.231 e. The third-order valence-corrected chi connectivity index (χ3v) is 5.84. The Hall–Kier alpha value is -2.18. The lowest BCUT2D eigenvalue weighted by Crippen LogP contribution is -2.20. The van der Waals surface area contributed by atoms with Crippen LogP contribution in [0.2, 0.25) is 0 Å². The maximum Gasteiger partial charge on any atom is 0.231 e. The third-order valence-electron chi connectivity index (χ3n) is 5.84. The second-order valence-corrected chi connectivity index (χ2v) is 7.79. The normalized spacial score (nSPS) is 23.9. The third kappa shape index (κ3) is 2.73. The average Bonchev–Trinajstić information content (AvgIpc) is 3.12. The van der Waals surface area contributed by atoms with Crippen molar-refractivity contribution in [2.45, 2.75) is 31.2 Å². The van der Waals surface area contributed by atoms with Crippen LogP contribution in [0.3, 0.4) is 0 Å². The molecule has 3 heterocycles. The molecule has 136 valence electrons. The van der Waals surface area contributed by atoms with E-state index in [4.69, 9.17) is 4.52 Å². The summed E-state index contributed by atoms with van der Waals surface area (Å²) in [5, 5.41) is 15.3. The van der Waals surface area contributed by atoms with Crippen LogP contribution in [0.5, 0.6) is 0 Å². The van der Waals surface area contributed by atoms with Crippen molar-refractivity contribution in [3.8, 4) is 0 Å². The molecule has 0 spiro atoms. The van der Waals surface area contributed by atoms with Crippen LogP contribution in [0.15, 0.2) is 35.0 Å². The molecule has 2 aliphatic rings. The lowest BCUT2D eigenvalue weighted by Gasteiger charge is -2.14. The zero-order chi connectivity index (χ0) is 17.7. The van der Waals surface area contributed by atoms with Crippen molar-refractivity contribution in [2.24, 2.45) is 13.0 Å². The Bertz CT molecular complexity index is 927. The molecule has 2 fully saturated rings. The van der Waals surface area contributed by atoms with Crippen molar-refractivity contribution in [1.82, 2.24) is 19.6 Å². The second-order valence-electron chi connectivity index (χ2n) is 7.79. The number of benzene rings is 1. The number of likely N-dealkylation sites (tertiary alicyclic amines) is 1. The van der Waals surface area contributed by atoms with Crippen molar-refractivity contribution in [1.29, 1.82) is 0 Å². The minimum absolute atomic E-state index is 0.120. The highest BCUT2D eigenvalue weighted by Crippen LogP contribution is 2.40. The monoisotopic (exact) mass is 352 g/mol. The summed E-state index contributed by atoms with van der Waals surface area (Å²) >= 11 is 0. The Labute approximate surface area is 152 Å². The maximum atomic E-state index is 9.87. The van der Waals surface area contributed by atoms with Gasteiger partial charge in [-0.25, -0.2) is 0 Å². The van der Waals surface area contributed by atoms with Gasteiger partial charge in [0.05, 0.1) is 5.92 Å². The van der Waals surface area contributed by atoms with E-state index in [0.29, 0.717) is 11.8 Å². The molecule has 5 rings (SSSR count). The minimum Gasteiger partial charge on any atom is -0.396 e. The molecule has 6 heteroatoms. The predicted molar refractivity (Wildman–Crippen MR) is 97.8 cm³/mol. The first-order valence-corrected chi connectivity index (χ1v) is 9.42. The molecule has 0 bridgehead atoms. The van der Waals surface area contributed by atoms with Crippen LogP contribution < -0.4 is 0 Å². The summed E-state index contributed by atoms with van der Waals surface area (Å²) in [5.41, 5.74) is 2.58. The molecule has 1 N–H and O–H groups in total. The quantitative estimate of drug-likeness (QED) is 0.765. The number of hydrogen-bond acceptors (Lipinski definition) is 5. The zero-order valence-electron chi connectivity index (χ0n) is 15.0. The van der Waals surface area contributed by atoms with Crippen LogP contribution in [-0.2, 0) is 13.6 Å². The summed E-state index contributed by atoms with van der Waals surface area (Å²) in [6.07, 6.45) is 4.55. The van der Waals surface area contributed by atoms with Gasteiger partial charge in [-0.2, -0.15) is 4.98 Å². The summed E-state index contributed by atoms with van der Waals surface area (Å²) in [6, 6.07) is 8.50. The van der Waals surface area contributed by atoms with Crippen LogP contribution in [0.1, 0.15) is 42.0 Å². The Morgan fingerprint density at radius 2 is 2.08 bits per heavy atom.